The molecule has 0 aliphatic carbocycles. The average Bonchev–Trinajstić information content (AvgIpc) is 2.75. The minimum Gasteiger partial charge on any atom is -0.335 e. The summed E-state index contributed by atoms with van der Waals surface area (Å²) in [6, 6.07) is 17.7. The Kier molecular flexibility index (Phi) is 6.83. The molecule has 0 saturated heterocycles. The highest BCUT2D eigenvalue weighted by Gasteiger charge is 2.26. The Labute approximate surface area is 173 Å². The topological polar surface area (TPSA) is 52.7 Å². The summed E-state index contributed by atoms with van der Waals surface area (Å²) in [4.78, 5) is 28.8. The summed E-state index contributed by atoms with van der Waals surface area (Å²) < 4.78 is 0. The highest BCUT2D eigenvalue weighted by Crippen LogP contribution is 2.23. The van der Waals surface area contributed by atoms with E-state index in [4.69, 9.17) is 0 Å². The SMILES string of the molecule is Cc1ccc(NC(=O)CN(C)C(=O)[C@H](C)N2CC=C(c3ccccc3)CC2)cc1. The summed E-state index contributed by atoms with van der Waals surface area (Å²) in [5, 5.41) is 2.84. The van der Waals surface area contributed by atoms with Crippen LogP contribution in [0.4, 0.5) is 5.69 Å². The number of benzene rings is 2. The molecule has 152 valence electrons. The van der Waals surface area contributed by atoms with Crippen molar-refractivity contribution in [2.45, 2.75) is 26.3 Å². The van der Waals surface area contributed by atoms with Crippen molar-refractivity contribution in [1.29, 1.82) is 0 Å². The Morgan fingerprint density at radius 3 is 2.41 bits per heavy atom. The van der Waals surface area contributed by atoms with Gasteiger partial charge in [0.2, 0.25) is 11.8 Å². The van der Waals surface area contributed by atoms with Gasteiger partial charge in [0.05, 0.1) is 12.6 Å². The van der Waals surface area contributed by atoms with Crippen molar-refractivity contribution in [1.82, 2.24) is 9.80 Å². The lowest BCUT2D eigenvalue weighted by Crippen LogP contribution is -2.48. The van der Waals surface area contributed by atoms with Crippen molar-refractivity contribution in [3.8, 4) is 0 Å². The summed E-state index contributed by atoms with van der Waals surface area (Å²) >= 11 is 0. The van der Waals surface area contributed by atoms with Crippen LogP contribution in [0.3, 0.4) is 0 Å². The van der Waals surface area contributed by atoms with Crippen LogP contribution in [-0.4, -0.2) is 54.3 Å². The molecule has 1 aliphatic heterocycles. The van der Waals surface area contributed by atoms with Crippen molar-refractivity contribution >= 4 is 23.1 Å². The fraction of sp³-hybridized carbons (Fsp3) is 0.333. The van der Waals surface area contributed by atoms with Gasteiger partial charge in [-0.25, -0.2) is 0 Å². The summed E-state index contributed by atoms with van der Waals surface area (Å²) in [5.74, 6) is -0.234. The van der Waals surface area contributed by atoms with Gasteiger partial charge in [-0.1, -0.05) is 54.1 Å². The van der Waals surface area contributed by atoms with Crippen molar-refractivity contribution in [2.24, 2.45) is 0 Å². The highest BCUT2D eigenvalue weighted by molar-refractivity contribution is 5.95. The largest absolute Gasteiger partial charge is 0.335 e. The van der Waals surface area contributed by atoms with Crippen LogP contribution in [0.1, 0.15) is 24.5 Å². The lowest BCUT2D eigenvalue weighted by molar-refractivity contribution is -0.137. The second-order valence-corrected chi connectivity index (χ2v) is 7.62. The molecule has 1 heterocycles. The van der Waals surface area contributed by atoms with E-state index in [0.717, 1.165) is 30.8 Å². The molecule has 2 aromatic rings. The van der Waals surface area contributed by atoms with Crippen LogP contribution in [0.2, 0.25) is 0 Å². The third-order valence-corrected chi connectivity index (χ3v) is 5.38. The maximum Gasteiger partial charge on any atom is 0.243 e. The molecule has 1 atom stereocenters. The van der Waals surface area contributed by atoms with Gasteiger partial charge >= 0.3 is 0 Å². The molecule has 1 aliphatic rings. The molecule has 0 unspecified atom stereocenters. The van der Waals surface area contributed by atoms with E-state index in [9.17, 15) is 9.59 Å². The quantitative estimate of drug-likeness (QED) is 0.819. The Morgan fingerprint density at radius 2 is 1.79 bits per heavy atom. The van der Waals surface area contributed by atoms with E-state index in [1.165, 1.54) is 16.0 Å². The lowest BCUT2D eigenvalue weighted by Gasteiger charge is -2.33. The molecular weight excluding hydrogens is 362 g/mol. The zero-order chi connectivity index (χ0) is 20.8. The van der Waals surface area contributed by atoms with Gasteiger partial charge < -0.3 is 10.2 Å². The number of amides is 2. The Hall–Kier alpha value is -2.92. The minimum absolute atomic E-state index is 0.0377. The smallest absolute Gasteiger partial charge is 0.243 e. The van der Waals surface area contributed by atoms with Crippen LogP contribution >= 0.6 is 0 Å². The van der Waals surface area contributed by atoms with Crippen LogP contribution in [0.25, 0.3) is 5.57 Å². The molecule has 2 aromatic carbocycles. The standard InChI is InChI=1S/C24H29N3O2/c1-18-9-11-22(12-10-18)25-23(28)17-26(3)24(29)19(2)27-15-13-21(14-16-27)20-7-5-4-6-8-20/h4-13,19H,14-17H2,1-3H3,(H,25,28)/t19-/m0/s1. The van der Waals surface area contributed by atoms with Gasteiger partial charge in [-0.2, -0.15) is 0 Å². The first kappa shape index (κ1) is 20.8. The molecule has 2 amide bonds. The molecule has 5 heteroatoms. The molecule has 1 N–H and O–H groups in total. The molecule has 3 rings (SSSR count). The van der Waals surface area contributed by atoms with Gasteiger partial charge in [-0.15, -0.1) is 0 Å². The maximum atomic E-state index is 12.8. The number of aryl methyl sites for hydroxylation is 1. The Balaban J connectivity index is 1.52. The van der Waals surface area contributed by atoms with Crippen LogP contribution in [0.5, 0.6) is 0 Å². The number of carbonyl (C=O) groups excluding carboxylic acids is 2. The van der Waals surface area contributed by atoms with E-state index in [1.807, 2.05) is 56.3 Å². The first-order valence-electron chi connectivity index (χ1n) is 10.0. The zero-order valence-electron chi connectivity index (χ0n) is 17.4. The number of hydrogen-bond donors (Lipinski definition) is 1. The lowest BCUT2D eigenvalue weighted by atomic mass is 9.99. The molecule has 0 fully saturated rings. The van der Waals surface area contributed by atoms with E-state index in [0.29, 0.717) is 0 Å². The molecule has 0 aromatic heterocycles. The summed E-state index contributed by atoms with van der Waals surface area (Å²) in [6.45, 7) is 5.52. The third-order valence-electron chi connectivity index (χ3n) is 5.38. The van der Waals surface area contributed by atoms with Crippen molar-refractivity contribution < 1.29 is 9.59 Å². The van der Waals surface area contributed by atoms with Crippen molar-refractivity contribution in [2.75, 3.05) is 32.0 Å². The fourth-order valence-corrected chi connectivity index (χ4v) is 3.56. The molecule has 0 bridgehead atoms. The number of rotatable bonds is 6. The average molecular weight is 392 g/mol. The van der Waals surface area contributed by atoms with Gasteiger partial charge in [-0.05, 0) is 43.5 Å². The first-order valence-corrected chi connectivity index (χ1v) is 10.0. The minimum atomic E-state index is -0.263. The second-order valence-electron chi connectivity index (χ2n) is 7.62. The highest BCUT2D eigenvalue weighted by atomic mass is 16.2. The first-order chi connectivity index (χ1) is 13.9. The maximum absolute atomic E-state index is 12.8. The van der Waals surface area contributed by atoms with Crippen LogP contribution in [0, 0.1) is 6.92 Å². The molecule has 0 saturated carbocycles. The number of anilines is 1. The van der Waals surface area contributed by atoms with Gasteiger partial charge in [0, 0.05) is 25.8 Å². The Morgan fingerprint density at radius 1 is 1.10 bits per heavy atom. The van der Waals surface area contributed by atoms with Gasteiger partial charge in [0.25, 0.3) is 0 Å². The molecule has 0 radical (unpaired) electrons. The van der Waals surface area contributed by atoms with E-state index in [-0.39, 0.29) is 24.4 Å². The number of nitrogens with one attached hydrogen (secondary N) is 1. The second kappa shape index (κ2) is 9.52. The van der Waals surface area contributed by atoms with Crippen LogP contribution < -0.4 is 5.32 Å². The number of hydrogen-bond acceptors (Lipinski definition) is 3. The molecule has 29 heavy (non-hydrogen) atoms. The van der Waals surface area contributed by atoms with Crippen LogP contribution in [0.15, 0.2) is 60.7 Å². The van der Waals surface area contributed by atoms with Crippen molar-refractivity contribution in [3.05, 3.63) is 71.8 Å². The zero-order valence-corrected chi connectivity index (χ0v) is 17.4. The van der Waals surface area contributed by atoms with Gasteiger partial charge in [-0.3, -0.25) is 14.5 Å². The molecule has 5 nitrogen and oxygen atoms in total. The summed E-state index contributed by atoms with van der Waals surface area (Å²) in [5.41, 5.74) is 4.45. The van der Waals surface area contributed by atoms with E-state index >= 15 is 0 Å². The summed E-state index contributed by atoms with van der Waals surface area (Å²) in [6.07, 6.45) is 3.12. The normalized spacial score (nSPS) is 15.3. The summed E-state index contributed by atoms with van der Waals surface area (Å²) in [7, 11) is 1.68. The van der Waals surface area contributed by atoms with E-state index < -0.39 is 0 Å². The molecule has 0 spiro atoms. The number of nitrogens with zero attached hydrogens (tertiary/aromatic N) is 2. The monoisotopic (exact) mass is 391 g/mol. The predicted molar refractivity (Wildman–Crippen MR) is 118 cm³/mol. The van der Waals surface area contributed by atoms with E-state index in [2.05, 4.69) is 28.4 Å². The van der Waals surface area contributed by atoms with E-state index in [1.54, 1.807) is 7.05 Å². The predicted octanol–water partition coefficient (Wildman–Crippen LogP) is 3.57. The fourth-order valence-electron chi connectivity index (χ4n) is 3.56. The van der Waals surface area contributed by atoms with Crippen LogP contribution in [-0.2, 0) is 9.59 Å². The number of carbonyl (C=O) groups is 2. The molecular formula is C24H29N3O2. The van der Waals surface area contributed by atoms with Gasteiger partial charge in [0.1, 0.15) is 0 Å². The third kappa shape index (κ3) is 5.55. The number of likely N-dealkylation sites (N-methyl/N-ethyl adjacent to an activating group) is 1. The Bertz CT molecular complexity index is 875. The van der Waals surface area contributed by atoms with Gasteiger partial charge in [0.15, 0.2) is 0 Å². The van der Waals surface area contributed by atoms with Crippen molar-refractivity contribution in [3.63, 3.8) is 0 Å².